The van der Waals surface area contributed by atoms with Crippen LogP contribution in [0.3, 0.4) is 0 Å². The van der Waals surface area contributed by atoms with Crippen LogP contribution in [-0.4, -0.2) is 44.5 Å². The predicted octanol–water partition coefficient (Wildman–Crippen LogP) is 1.12. The van der Waals surface area contributed by atoms with E-state index in [0.717, 1.165) is 5.56 Å². The van der Waals surface area contributed by atoms with Gasteiger partial charge in [-0.3, -0.25) is 4.79 Å². The second-order valence-electron chi connectivity index (χ2n) is 5.25. The summed E-state index contributed by atoms with van der Waals surface area (Å²) in [6, 6.07) is 1.77. The molecule has 0 radical (unpaired) electrons. The van der Waals surface area contributed by atoms with Crippen molar-refractivity contribution in [2.75, 3.05) is 13.2 Å². The van der Waals surface area contributed by atoms with Crippen molar-refractivity contribution in [3.8, 4) is 11.4 Å². The lowest BCUT2D eigenvalue weighted by Crippen LogP contribution is -2.41. The lowest BCUT2D eigenvalue weighted by atomic mass is 9.80. The van der Waals surface area contributed by atoms with E-state index in [0.29, 0.717) is 37.6 Å². The van der Waals surface area contributed by atoms with Gasteiger partial charge < -0.3 is 14.3 Å². The number of carboxylic acid groups (broad SMARTS) is 1. The van der Waals surface area contributed by atoms with Crippen molar-refractivity contribution in [1.82, 2.24) is 20.2 Å². The van der Waals surface area contributed by atoms with Crippen LogP contribution in [0.15, 0.2) is 16.7 Å². The first-order valence-electron chi connectivity index (χ1n) is 6.74. The molecule has 3 heterocycles. The summed E-state index contributed by atoms with van der Waals surface area (Å²) in [6.45, 7) is 2.91. The highest BCUT2D eigenvalue weighted by Crippen LogP contribution is 2.34. The largest absolute Gasteiger partial charge is 0.481 e. The average molecular weight is 292 g/mol. The Bertz CT molecular complexity index is 642. The molecule has 1 fully saturated rings. The van der Waals surface area contributed by atoms with Crippen molar-refractivity contribution in [2.45, 2.75) is 26.3 Å². The third kappa shape index (κ3) is 2.42. The Morgan fingerprint density at radius 3 is 2.86 bits per heavy atom. The van der Waals surface area contributed by atoms with Gasteiger partial charge in [0.2, 0.25) is 0 Å². The molecule has 0 unspecified atom stereocenters. The number of tetrazole rings is 1. The minimum absolute atomic E-state index is 0.221. The van der Waals surface area contributed by atoms with Crippen LogP contribution in [0.1, 0.15) is 18.6 Å². The van der Waals surface area contributed by atoms with Gasteiger partial charge in [-0.05, 0) is 36.3 Å². The van der Waals surface area contributed by atoms with Gasteiger partial charge in [-0.15, -0.1) is 5.10 Å². The van der Waals surface area contributed by atoms with Gasteiger partial charge in [0.1, 0.15) is 5.76 Å². The molecule has 0 aliphatic carbocycles. The van der Waals surface area contributed by atoms with Gasteiger partial charge >= 0.3 is 5.97 Å². The maximum Gasteiger partial charge on any atom is 0.311 e. The average Bonchev–Trinajstić information content (AvgIpc) is 3.08. The SMILES string of the molecule is Cc1occc1-c1nnnn1CC1(C(=O)O)CCOCC1. The lowest BCUT2D eigenvalue weighted by molar-refractivity contribution is -0.156. The number of hydrogen-bond donors (Lipinski definition) is 1. The standard InChI is InChI=1S/C13H16N4O4/c1-9-10(2-5-21-9)11-14-15-16-17(11)8-13(12(18)19)3-6-20-7-4-13/h2,5H,3-4,6-8H2,1H3,(H,18,19). The summed E-state index contributed by atoms with van der Waals surface area (Å²) < 4.78 is 12.1. The van der Waals surface area contributed by atoms with Gasteiger partial charge in [-0.25, -0.2) is 4.68 Å². The zero-order chi connectivity index (χ0) is 14.9. The highest BCUT2D eigenvalue weighted by Gasteiger charge is 2.41. The van der Waals surface area contributed by atoms with E-state index < -0.39 is 11.4 Å². The molecule has 2 aromatic heterocycles. The monoisotopic (exact) mass is 292 g/mol. The van der Waals surface area contributed by atoms with Crippen LogP contribution in [-0.2, 0) is 16.1 Å². The molecule has 21 heavy (non-hydrogen) atoms. The van der Waals surface area contributed by atoms with Crippen LogP contribution in [0.25, 0.3) is 11.4 Å². The molecular weight excluding hydrogens is 276 g/mol. The molecule has 112 valence electrons. The number of aromatic nitrogens is 4. The van der Waals surface area contributed by atoms with Gasteiger partial charge in [-0.2, -0.15) is 0 Å². The van der Waals surface area contributed by atoms with E-state index in [1.54, 1.807) is 12.3 Å². The highest BCUT2D eigenvalue weighted by atomic mass is 16.5. The number of rotatable bonds is 4. The molecule has 0 atom stereocenters. The predicted molar refractivity (Wildman–Crippen MR) is 70.4 cm³/mol. The second-order valence-corrected chi connectivity index (χ2v) is 5.25. The molecular formula is C13H16N4O4. The van der Waals surface area contributed by atoms with Gasteiger partial charge in [0.05, 0.1) is 23.8 Å². The summed E-state index contributed by atoms with van der Waals surface area (Å²) in [6.07, 6.45) is 2.46. The number of ether oxygens (including phenoxy) is 1. The smallest absolute Gasteiger partial charge is 0.311 e. The molecule has 1 saturated heterocycles. The summed E-state index contributed by atoms with van der Waals surface area (Å²) >= 11 is 0. The van der Waals surface area contributed by atoms with E-state index in [1.165, 1.54) is 4.68 Å². The maximum atomic E-state index is 11.7. The molecule has 8 heteroatoms. The van der Waals surface area contributed by atoms with Gasteiger partial charge in [-0.1, -0.05) is 0 Å². The zero-order valence-electron chi connectivity index (χ0n) is 11.7. The molecule has 2 aromatic rings. The lowest BCUT2D eigenvalue weighted by Gasteiger charge is -2.32. The minimum Gasteiger partial charge on any atom is -0.481 e. The first-order valence-corrected chi connectivity index (χ1v) is 6.74. The van der Waals surface area contributed by atoms with E-state index >= 15 is 0 Å². The Morgan fingerprint density at radius 2 is 2.24 bits per heavy atom. The van der Waals surface area contributed by atoms with Crippen LogP contribution in [0.2, 0.25) is 0 Å². The van der Waals surface area contributed by atoms with Gasteiger partial charge in [0.15, 0.2) is 5.82 Å². The summed E-state index contributed by atoms with van der Waals surface area (Å²) in [5.41, 5.74) is -0.118. The molecule has 8 nitrogen and oxygen atoms in total. The molecule has 0 aromatic carbocycles. The fraction of sp³-hybridized carbons (Fsp3) is 0.538. The molecule has 1 N–H and O–H groups in total. The van der Waals surface area contributed by atoms with E-state index in [1.807, 2.05) is 6.92 Å². The van der Waals surface area contributed by atoms with Crippen LogP contribution in [0.5, 0.6) is 0 Å². The van der Waals surface area contributed by atoms with Gasteiger partial charge in [0, 0.05) is 13.2 Å². The van der Waals surface area contributed by atoms with E-state index in [4.69, 9.17) is 9.15 Å². The first-order chi connectivity index (χ1) is 10.1. The van der Waals surface area contributed by atoms with Crippen molar-refractivity contribution in [3.05, 3.63) is 18.1 Å². The number of nitrogens with zero attached hydrogens (tertiary/aromatic N) is 4. The highest BCUT2D eigenvalue weighted by molar-refractivity contribution is 5.74. The molecule has 1 aliphatic heterocycles. The maximum absolute atomic E-state index is 11.7. The van der Waals surface area contributed by atoms with Crippen LogP contribution in [0, 0.1) is 12.3 Å². The second kappa shape index (κ2) is 5.28. The first kappa shape index (κ1) is 13.7. The Hall–Kier alpha value is -2.22. The van der Waals surface area contributed by atoms with Crippen molar-refractivity contribution < 1.29 is 19.1 Å². The summed E-state index contributed by atoms with van der Waals surface area (Å²) in [7, 11) is 0. The summed E-state index contributed by atoms with van der Waals surface area (Å²) in [5.74, 6) is 0.381. The molecule has 0 spiro atoms. The number of aryl methyl sites for hydroxylation is 1. The third-order valence-corrected chi connectivity index (χ3v) is 3.99. The van der Waals surface area contributed by atoms with Crippen molar-refractivity contribution in [3.63, 3.8) is 0 Å². The fourth-order valence-corrected chi connectivity index (χ4v) is 2.61. The Kier molecular flexibility index (Phi) is 3.46. The molecule has 0 bridgehead atoms. The topological polar surface area (TPSA) is 103 Å². The van der Waals surface area contributed by atoms with E-state index in [9.17, 15) is 9.90 Å². The molecule has 1 aliphatic rings. The fourth-order valence-electron chi connectivity index (χ4n) is 2.61. The van der Waals surface area contributed by atoms with E-state index in [-0.39, 0.29) is 6.54 Å². The van der Waals surface area contributed by atoms with Crippen LogP contribution >= 0.6 is 0 Å². The Balaban J connectivity index is 1.93. The molecule has 0 amide bonds. The summed E-state index contributed by atoms with van der Waals surface area (Å²) in [5, 5.41) is 21.2. The van der Waals surface area contributed by atoms with Crippen molar-refractivity contribution in [1.29, 1.82) is 0 Å². The number of furan rings is 1. The molecule has 0 saturated carbocycles. The summed E-state index contributed by atoms with van der Waals surface area (Å²) in [4.78, 5) is 11.7. The van der Waals surface area contributed by atoms with Crippen molar-refractivity contribution >= 4 is 5.97 Å². The van der Waals surface area contributed by atoms with Crippen LogP contribution < -0.4 is 0 Å². The Labute approximate surface area is 120 Å². The van der Waals surface area contributed by atoms with E-state index in [2.05, 4.69) is 15.5 Å². The zero-order valence-corrected chi connectivity index (χ0v) is 11.7. The number of aliphatic carboxylic acids is 1. The number of carboxylic acids is 1. The number of hydrogen-bond acceptors (Lipinski definition) is 6. The van der Waals surface area contributed by atoms with Gasteiger partial charge in [0.25, 0.3) is 0 Å². The minimum atomic E-state index is -0.889. The Morgan fingerprint density at radius 1 is 1.48 bits per heavy atom. The third-order valence-electron chi connectivity index (χ3n) is 3.99. The quantitative estimate of drug-likeness (QED) is 0.900. The molecule has 3 rings (SSSR count). The normalized spacial score (nSPS) is 17.8. The van der Waals surface area contributed by atoms with Crippen molar-refractivity contribution in [2.24, 2.45) is 5.41 Å². The number of carbonyl (C=O) groups is 1. The van der Waals surface area contributed by atoms with Crippen LogP contribution in [0.4, 0.5) is 0 Å².